The van der Waals surface area contributed by atoms with E-state index in [1.165, 1.54) is 22.4 Å². The number of hydrogen-bond acceptors (Lipinski definition) is 9. The van der Waals surface area contributed by atoms with E-state index < -0.39 is 12.2 Å². The minimum Gasteiger partial charge on any atom is -0.484 e. The molecule has 6 rings (SSSR count). The molecule has 1 N–H and O–H groups in total. The number of pyridine rings is 1. The lowest BCUT2D eigenvalue weighted by Crippen LogP contribution is -2.43. The Morgan fingerprint density at radius 1 is 1.28 bits per heavy atom. The summed E-state index contributed by atoms with van der Waals surface area (Å²) in [6, 6.07) is 9.16. The van der Waals surface area contributed by atoms with Crippen LogP contribution in [0.25, 0.3) is 37.9 Å². The van der Waals surface area contributed by atoms with Crippen LogP contribution in [0.5, 0.6) is 17.4 Å². The molecule has 1 aliphatic heterocycles. The number of rotatable bonds is 6. The van der Waals surface area contributed by atoms with E-state index in [9.17, 15) is 9.90 Å². The van der Waals surface area contributed by atoms with E-state index in [0.29, 0.717) is 34.1 Å². The fourth-order valence-electron chi connectivity index (χ4n) is 4.52. The van der Waals surface area contributed by atoms with Crippen LogP contribution in [0.3, 0.4) is 0 Å². The predicted octanol–water partition coefficient (Wildman–Crippen LogP) is 5.59. The molecule has 0 bridgehead atoms. The maximum Gasteiger partial charge on any atom is 0.411 e. The van der Waals surface area contributed by atoms with Crippen LogP contribution in [0.4, 0.5) is 10.5 Å². The third-order valence-electron chi connectivity index (χ3n) is 6.38. The third-order valence-corrected chi connectivity index (χ3v) is 7.47. The Morgan fingerprint density at radius 2 is 2.15 bits per heavy atom. The van der Waals surface area contributed by atoms with Gasteiger partial charge in [-0.25, -0.2) is 19.7 Å². The van der Waals surface area contributed by atoms with Crippen molar-refractivity contribution >= 4 is 50.4 Å². The minimum absolute atomic E-state index is 0.0912. The largest absolute Gasteiger partial charge is 0.484 e. The third kappa shape index (κ3) is 4.46. The van der Waals surface area contributed by atoms with E-state index in [4.69, 9.17) is 19.2 Å². The lowest BCUT2D eigenvalue weighted by atomic mass is 10.1. The van der Waals surface area contributed by atoms with Crippen LogP contribution in [0, 0.1) is 6.92 Å². The van der Waals surface area contributed by atoms with Crippen molar-refractivity contribution in [3.63, 3.8) is 0 Å². The average molecular weight is 542 g/mol. The Morgan fingerprint density at radius 3 is 2.90 bits per heavy atom. The molecule has 39 heavy (non-hydrogen) atoms. The van der Waals surface area contributed by atoms with E-state index in [-0.39, 0.29) is 13.2 Å². The van der Waals surface area contributed by atoms with E-state index in [2.05, 4.69) is 21.5 Å². The van der Waals surface area contributed by atoms with Crippen LogP contribution < -0.4 is 19.1 Å². The molecule has 0 saturated carbocycles. The SMILES string of the molecule is C=Cc1cc(-c2nc3c(C)cc4c(c3s2)OCC(CN(C(=O)O)c2cccnc2)O4)c2ncc(OC)nc2c1. The zero-order chi connectivity index (χ0) is 27.1. The van der Waals surface area contributed by atoms with Crippen LogP contribution in [-0.4, -0.2) is 57.5 Å². The molecule has 1 aliphatic rings. The van der Waals surface area contributed by atoms with Crippen molar-refractivity contribution in [2.75, 3.05) is 25.2 Å². The van der Waals surface area contributed by atoms with Crippen molar-refractivity contribution in [2.24, 2.45) is 0 Å². The number of carboxylic acid groups (broad SMARTS) is 1. The Hall–Kier alpha value is -4.77. The molecular weight excluding hydrogens is 518 g/mol. The standard InChI is InChI=1S/C28H23N5O5S/c1-4-16-9-19(24-20(10-16)31-22(36-3)12-30-24)27-32-23-15(2)8-21-25(26(23)39-27)37-14-18(38-21)13-33(28(34)35)17-6-5-7-29-11-17/h4-12,18H,1,13-14H2,2-3H3,(H,34,35). The Labute approximate surface area is 227 Å². The second-order valence-electron chi connectivity index (χ2n) is 8.93. The fourth-order valence-corrected chi connectivity index (χ4v) is 5.67. The highest BCUT2D eigenvalue weighted by atomic mass is 32.1. The van der Waals surface area contributed by atoms with Gasteiger partial charge in [-0.2, -0.15) is 0 Å². The number of amides is 1. The molecule has 10 nitrogen and oxygen atoms in total. The molecule has 1 amide bonds. The van der Waals surface area contributed by atoms with Crippen molar-refractivity contribution in [1.82, 2.24) is 19.9 Å². The molecule has 196 valence electrons. The van der Waals surface area contributed by atoms with Gasteiger partial charge in [0, 0.05) is 11.8 Å². The van der Waals surface area contributed by atoms with E-state index >= 15 is 0 Å². The Bertz CT molecular complexity index is 1740. The van der Waals surface area contributed by atoms with Crippen molar-refractivity contribution in [2.45, 2.75) is 13.0 Å². The number of hydrogen-bond donors (Lipinski definition) is 1. The van der Waals surface area contributed by atoms with Crippen molar-refractivity contribution in [3.05, 3.63) is 66.6 Å². The van der Waals surface area contributed by atoms with Gasteiger partial charge in [-0.05, 0) is 48.4 Å². The van der Waals surface area contributed by atoms with Crippen LogP contribution in [0.2, 0.25) is 0 Å². The lowest BCUT2D eigenvalue weighted by molar-refractivity contribution is 0.0961. The summed E-state index contributed by atoms with van der Waals surface area (Å²) in [5.41, 5.74) is 5.28. The van der Waals surface area contributed by atoms with Gasteiger partial charge in [0.25, 0.3) is 0 Å². The van der Waals surface area contributed by atoms with Crippen molar-refractivity contribution in [1.29, 1.82) is 0 Å². The second-order valence-corrected chi connectivity index (χ2v) is 9.92. The minimum atomic E-state index is -1.09. The van der Waals surface area contributed by atoms with Gasteiger partial charge in [-0.3, -0.25) is 9.88 Å². The number of nitrogens with zero attached hydrogens (tertiary/aromatic N) is 5. The molecule has 5 aromatic rings. The topological polar surface area (TPSA) is 120 Å². The maximum atomic E-state index is 11.9. The number of anilines is 1. The summed E-state index contributed by atoms with van der Waals surface area (Å²) >= 11 is 1.48. The molecule has 0 saturated heterocycles. The summed E-state index contributed by atoms with van der Waals surface area (Å²) < 4.78 is 18.5. The molecule has 1 atom stereocenters. The number of carbonyl (C=O) groups is 1. The molecule has 11 heteroatoms. The number of benzene rings is 2. The smallest absolute Gasteiger partial charge is 0.411 e. The van der Waals surface area contributed by atoms with Gasteiger partial charge in [0.05, 0.1) is 48.3 Å². The van der Waals surface area contributed by atoms with E-state index in [1.807, 2.05) is 25.1 Å². The quantitative estimate of drug-likeness (QED) is 0.293. The molecule has 4 heterocycles. The second kappa shape index (κ2) is 9.84. The first kappa shape index (κ1) is 24.6. The summed E-state index contributed by atoms with van der Waals surface area (Å²) in [6.45, 7) is 6.14. The molecule has 0 fully saturated rings. The normalized spacial score (nSPS) is 14.4. The first-order valence-electron chi connectivity index (χ1n) is 12.1. The summed E-state index contributed by atoms with van der Waals surface area (Å²) in [5.74, 6) is 1.57. The van der Waals surface area contributed by atoms with Crippen molar-refractivity contribution in [3.8, 4) is 28.0 Å². The van der Waals surface area contributed by atoms with Crippen LogP contribution in [-0.2, 0) is 0 Å². The van der Waals surface area contributed by atoms with Gasteiger partial charge in [0.2, 0.25) is 5.88 Å². The van der Waals surface area contributed by atoms with Crippen LogP contribution in [0.15, 0.2) is 55.5 Å². The zero-order valence-corrected chi connectivity index (χ0v) is 21.9. The number of aromatic nitrogens is 4. The predicted molar refractivity (Wildman–Crippen MR) is 149 cm³/mol. The fraction of sp³-hybridized carbons (Fsp3) is 0.179. The van der Waals surface area contributed by atoms with Gasteiger partial charge in [0.15, 0.2) is 17.6 Å². The van der Waals surface area contributed by atoms with Crippen LogP contribution in [0.1, 0.15) is 11.1 Å². The number of methoxy groups -OCH3 is 1. The summed E-state index contributed by atoms with van der Waals surface area (Å²) in [6.07, 6.45) is 4.85. The zero-order valence-electron chi connectivity index (χ0n) is 21.1. The highest BCUT2D eigenvalue weighted by Crippen LogP contribution is 2.46. The van der Waals surface area contributed by atoms with E-state index in [1.54, 1.807) is 37.7 Å². The van der Waals surface area contributed by atoms with E-state index in [0.717, 1.165) is 31.9 Å². The number of aryl methyl sites for hydroxylation is 1. The maximum absolute atomic E-state index is 11.9. The highest BCUT2D eigenvalue weighted by Gasteiger charge is 2.29. The molecule has 0 spiro atoms. The highest BCUT2D eigenvalue weighted by molar-refractivity contribution is 7.22. The number of ether oxygens (including phenoxy) is 3. The first-order chi connectivity index (χ1) is 18.9. The summed E-state index contributed by atoms with van der Waals surface area (Å²) in [4.78, 5) is 31.2. The monoisotopic (exact) mass is 541 g/mol. The van der Waals surface area contributed by atoms with Gasteiger partial charge >= 0.3 is 6.09 Å². The molecule has 2 aromatic carbocycles. The first-order valence-corrected chi connectivity index (χ1v) is 12.9. The molecule has 3 aromatic heterocycles. The molecule has 1 unspecified atom stereocenters. The molecular formula is C28H23N5O5S. The Kier molecular flexibility index (Phi) is 6.20. The van der Waals surface area contributed by atoms with Gasteiger partial charge in [0.1, 0.15) is 16.3 Å². The molecule has 0 radical (unpaired) electrons. The number of fused-ring (bicyclic) bond motifs is 4. The molecule has 0 aliphatic carbocycles. The summed E-state index contributed by atoms with van der Waals surface area (Å²) in [5, 5.41) is 10.5. The number of thiazole rings is 1. The van der Waals surface area contributed by atoms with Crippen molar-refractivity contribution < 1.29 is 24.1 Å². The summed E-state index contributed by atoms with van der Waals surface area (Å²) in [7, 11) is 1.55. The van der Waals surface area contributed by atoms with Gasteiger partial charge < -0.3 is 19.3 Å². The van der Waals surface area contributed by atoms with Gasteiger partial charge in [-0.15, -0.1) is 11.3 Å². The van der Waals surface area contributed by atoms with Crippen LogP contribution >= 0.6 is 11.3 Å². The average Bonchev–Trinajstić information content (AvgIpc) is 3.41. The van der Waals surface area contributed by atoms with Gasteiger partial charge in [-0.1, -0.05) is 12.7 Å². The Balaban J connectivity index is 1.37. The lowest BCUT2D eigenvalue weighted by Gasteiger charge is -2.30.